The van der Waals surface area contributed by atoms with Gasteiger partial charge in [-0.15, -0.1) is 11.3 Å². The lowest BCUT2D eigenvalue weighted by Gasteiger charge is -2.21. The van der Waals surface area contributed by atoms with E-state index in [-0.39, 0.29) is 18.4 Å². The number of aryl methyl sites for hydroxylation is 1. The number of amides is 2. The molecule has 3 rings (SSSR count). The summed E-state index contributed by atoms with van der Waals surface area (Å²) >= 11 is 1.60. The molecule has 1 atom stereocenters. The van der Waals surface area contributed by atoms with Crippen LogP contribution in [0, 0.1) is 5.92 Å². The van der Waals surface area contributed by atoms with Crippen LogP contribution in [0.3, 0.4) is 0 Å². The number of anilines is 2. The number of carbonyl (C=O) groups is 2. The molecule has 156 valence electrons. The fourth-order valence-corrected chi connectivity index (χ4v) is 4.85. The Bertz CT molecular complexity index is 878. The average Bonchev–Trinajstić information content (AvgIpc) is 3.13. The molecular weight excluding hydrogens is 388 g/mol. The van der Waals surface area contributed by atoms with E-state index >= 15 is 0 Å². The molecule has 2 N–H and O–H groups in total. The molecule has 1 aliphatic carbocycles. The molecule has 2 amide bonds. The topological polar surface area (TPSA) is 76.7 Å². The summed E-state index contributed by atoms with van der Waals surface area (Å²) in [7, 11) is 2.98. The molecule has 0 bridgehead atoms. The molecule has 0 fully saturated rings. The van der Waals surface area contributed by atoms with Crippen LogP contribution in [0.25, 0.3) is 0 Å². The first kappa shape index (κ1) is 21.3. The predicted octanol–water partition coefficient (Wildman–Crippen LogP) is 4.50. The van der Waals surface area contributed by atoms with Crippen molar-refractivity contribution in [1.29, 1.82) is 0 Å². The van der Waals surface area contributed by atoms with Crippen LogP contribution in [-0.2, 0) is 22.4 Å². The Labute approximate surface area is 175 Å². The second-order valence-corrected chi connectivity index (χ2v) is 8.44. The van der Waals surface area contributed by atoms with E-state index in [9.17, 15) is 9.59 Å². The molecule has 29 heavy (non-hydrogen) atoms. The maximum atomic E-state index is 12.8. The minimum absolute atomic E-state index is 0.0379. The summed E-state index contributed by atoms with van der Waals surface area (Å²) in [6.45, 7) is 2.19. The molecule has 0 saturated heterocycles. The van der Waals surface area contributed by atoms with Crippen molar-refractivity contribution in [3.8, 4) is 5.75 Å². The highest BCUT2D eigenvalue weighted by Gasteiger charge is 2.22. The van der Waals surface area contributed by atoms with E-state index in [1.165, 1.54) is 43.9 Å². The van der Waals surface area contributed by atoms with Crippen molar-refractivity contribution < 1.29 is 19.1 Å². The van der Waals surface area contributed by atoms with Gasteiger partial charge in [-0.25, -0.2) is 0 Å². The quantitative estimate of drug-likeness (QED) is 0.664. The van der Waals surface area contributed by atoms with Gasteiger partial charge in [-0.05, 0) is 48.9 Å². The van der Waals surface area contributed by atoms with E-state index in [4.69, 9.17) is 9.47 Å². The van der Waals surface area contributed by atoms with Crippen LogP contribution < -0.4 is 15.4 Å². The lowest BCUT2D eigenvalue weighted by Crippen LogP contribution is -2.17. The number of hydrogen-bond acceptors (Lipinski definition) is 5. The van der Waals surface area contributed by atoms with E-state index in [1.54, 1.807) is 29.5 Å². The highest BCUT2D eigenvalue weighted by molar-refractivity contribution is 7.14. The average molecular weight is 417 g/mol. The monoisotopic (exact) mass is 416 g/mol. The van der Waals surface area contributed by atoms with Gasteiger partial charge in [-0.2, -0.15) is 0 Å². The zero-order valence-corrected chi connectivity index (χ0v) is 18.0. The number of carbonyl (C=O) groups excluding carboxylic acids is 2. The number of benzene rings is 1. The van der Waals surface area contributed by atoms with E-state index in [0.29, 0.717) is 17.1 Å². The molecule has 0 aliphatic heterocycles. The van der Waals surface area contributed by atoms with Crippen LogP contribution in [-0.4, -0.2) is 32.6 Å². The molecule has 0 spiro atoms. The van der Waals surface area contributed by atoms with Crippen molar-refractivity contribution in [2.24, 2.45) is 5.92 Å². The number of rotatable bonds is 8. The molecule has 2 aromatic rings. The SMILES string of the molecule is CCCC1CCc2sc(C(=O)Nc3ccc(NC(=O)COC)c(OC)c3)cc2C1. The van der Waals surface area contributed by atoms with Crippen LogP contribution in [0.1, 0.15) is 46.3 Å². The molecule has 0 saturated carbocycles. The minimum atomic E-state index is -0.270. The van der Waals surface area contributed by atoms with Crippen molar-refractivity contribution in [3.05, 3.63) is 39.6 Å². The van der Waals surface area contributed by atoms with Gasteiger partial charge in [-0.1, -0.05) is 19.8 Å². The summed E-state index contributed by atoms with van der Waals surface area (Å²) in [4.78, 5) is 26.6. The largest absolute Gasteiger partial charge is 0.494 e. The Balaban J connectivity index is 1.69. The Morgan fingerprint density at radius 2 is 2.03 bits per heavy atom. The van der Waals surface area contributed by atoms with Crippen LogP contribution in [0.4, 0.5) is 11.4 Å². The van der Waals surface area contributed by atoms with E-state index < -0.39 is 0 Å². The third kappa shape index (κ3) is 5.36. The smallest absolute Gasteiger partial charge is 0.265 e. The van der Waals surface area contributed by atoms with Crippen molar-refractivity contribution in [2.45, 2.75) is 39.0 Å². The zero-order chi connectivity index (χ0) is 20.8. The molecule has 1 unspecified atom stereocenters. The van der Waals surface area contributed by atoms with Gasteiger partial charge in [0.1, 0.15) is 12.4 Å². The Morgan fingerprint density at radius 1 is 1.21 bits per heavy atom. The summed E-state index contributed by atoms with van der Waals surface area (Å²) in [5.41, 5.74) is 2.48. The molecule has 0 radical (unpaired) electrons. The maximum Gasteiger partial charge on any atom is 0.265 e. The lowest BCUT2D eigenvalue weighted by atomic mass is 9.85. The molecule has 1 aliphatic rings. The Morgan fingerprint density at radius 3 is 2.76 bits per heavy atom. The summed E-state index contributed by atoms with van der Waals surface area (Å²) in [6, 6.07) is 7.20. The molecule has 7 heteroatoms. The molecule has 1 aromatic carbocycles. The highest BCUT2D eigenvalue weighted by atomic mass is 32.1. The number of nitrogens with one attached hydrogen (secondary N) is 2. The van der Waals surface area contributed by atoms with Gasteiger partial charge in [0.05, 0.1) is 17.7 Å². The first-order valence-electron chi connectivity index (χ1n) is 9.93. The van der Waals surface area contributed by atoms with Gasteiger partial charge in [0.25, 0.3) is 5.91 Å². The van der Waals surface area contributed by atoms with Crippen LogP contribution >= 0.6 is 11.3 Å². The van der Waals surface area contributed by atoms with Crippen molar-refractivity contribution in [1.82, 2.24) is 0 Å². The standard InChI is InChI=1S/C22H28N2O4S/c1-4-5-14-6-9-19-15(10-14)11-20(29-19)22(26)23-16-7-8-17(18(12-16)28-3)24-21(25)13-27-2/h7-8,11-12,14H,4-6,9-10,13H2,1-3H3,(H,23,26)(H,24,25). The van der Waals surface area contributed by atoms with Crippen molar-refractivity contribution >= 4 is 34.5 Å². The maximum absolute atomic E-state index is 12.8. The first-order valence-corrected chi connectivity index (χ1v) is 10.8. The van der Waals surface area contributed by atoms with Gasteiger partial charge < -0.3 is 20.1 Å². The lowest BCUT2D eigenvalue weighted by molar-refractivity contribution is -0.119. The van der Waals surface area contributed by atoms with E-state index in [1.807, 2.05) is 6.07 Å². The summed E-state index contributed by atoms with van der Waals surface area (Å²) in [6.07, 6.45) is 5.83. The van der Waals surface area contributed by atoms with Gasteiger partial charge in [0.2, 0.25) is 5.91 Å². The normalized spacial score (nSPS) is 15.5. The van der Waals surface area contributed by atoms with Gasteiger partial charge >= 0.3 is 0 Å². The third-order valence-electron chi connectivity index (χ3n) is 5.11. The second kappa shape index (κ2) is 9.89. The van der Waals surface area contributed by atoms with E-state index in [0.717, 1.165) is 23.6 Å². The van der Waals surface area contributed by atoms with Crippen LogP contribution in [0.15, 0.2) is 24.3 Å². The van der Waals surface area contributed by atoms with Crippen LogP contribution in [0.5, 0.6) is 5.75 Å². The summed E-state index contributed by atoms with van der Waals surface area (Å²) < 4.78 is 10.2. The second-order valence-electron chi connectivity index (χ2n) is 7.31. The van der Waals surface area contributed by atoms with Crippen molar-refractivity contribution in [3.63, 3.8) is 0 Å². The number of methoxy groups -OCH3 is 2. The Hall–Kier alpha value is -2.38. The highest BCUT2D eigenvalue weighted by Crippen LogP contribution is 2.35. The van der Waals surface area contributed by atoms with Crippen molar-refractivity contribution in [2.75, 3.05) is 31.5 Å². The molecule has 1 aromatic heterocycles. The fourth-order valence-electron chi connectivity index (χ4n) is 3.75. The minimum Gasteiger partial charge on any atom is -0.494 e. The predicted molar refractivity (Wildman–Crippen MR) is 116 cm³/mol. The number of hydrogen-bond donors (Lipinski definition) is 2. The fraction of sp³-hybridized carbons (Fsp3) is 0.455. The molecule has 1 heterocycles. The van der Waals surface area contributed by atoms with Crippen LogP contribution in [0.2, 0.25) is 0 Å². The van der Waals surface area contributed by atoms with Gasteiger partial charge in [0.15, 0.2) is 0 Å². The van der Waals surface area contributed by atoms with Gasteiger partial charge in [-0.3, -0.25) is 9.59 Å². The first-order chi connectivity index (χ1) is 14.0. The van der Waals surface area contributed by atoms with E-state index in [2.05, 4.69) is 17.6 Å². The summed E-state index contributed by atoms with van der Waals surface area (Å²) in [5.74, 6) is 0.825. The number of ether oxygens (including phenoxy) is 2. The number of fused-ring (bicyclic) bond motifs is 1. The van der Waals surface area contributed by atoms with Gasteiger partial charge in [0, 0.05) is 23.7 Å². The third-order valence-corrected chi connectivity index (χ3v) is 6.35. The molecular formula is C22H28N2O4S. The molecule has 6 nitrogen and oxygen atoms in total. The number of thiophene rings is 1. The zero-order valence-electron chi connectivity index (χ0n) is 17.2. The summed E-state index contributed by atoms with van der Waals surface area (Å²) in [5, 5.41) is 5.66. The Kier molecular flexibility index (Phi) is 7.28.